The third-order valence-corrected chi connectivity index (χ3v) is 5.63. The Morgan fingerprint density at radius 2 is 1.30 bits per heavy atom. The molecule has 2 rings (SSSR count). The number of anilines is 1. The average molecular weight is 383 g/mol. The molecule has 2 aromatic carbocycles. The van der Waals surface area contributed by atoms with Crippen LogP contribution in [0.4, 0.5) is 5.69 Å². The van der Waals surface area contributed by atoms with Gasteiger partial charge in [0, 0.05) is 10.8 Å². The lowest BCUT2D eigenvalue weighted by atomic mass is 10.1. The van der Waals surface area contributed by atoms with Gasteiger partial charge in [0.05, 0.1) is 5.69 Å². The van der Waals surface area contributed by atoms with Crippen LogP contribution in [0.5, 0.6) is 0 Å². The molecule has 0 unspecified atom stereocenters. The van der Waals surface area contributed by atoms with Gasteiger partial charge >= 0.3 is 0 Å². The fraction of sp³-hybridized carbons (Fsp3) is 0. The molecule has 2 aromatic rings. The molecule has 13 heteroatoms. The van der Waals surface area contributed by atoms with Crippen molar-refractivity contribution in [2.24, 2.45) is 0 Å². The van der Waals surface area contributed by atoms with Crippen LogP contribution in [0.2, 0.25) is 0 Å². The van der Waals surface area contributed by atoms with Gasteiger partial charge in [0.25, 0.3) is 30.4 Å². The molecule has 0 heterocycles. The molecule has 0 aliphatic carbocycles. The minimum Gasteiger partial charge on any atom is -0.398 e. The van der Waals surface area contributed by atoms with E-state index >= 15 is 0 Å². The van der Waals surface area contributed by atoms with Gasteiger partial charge in [0.1, 0.15) is 14.7 Å². The Morgan fingerprint density at radius 1 is 0.783 bits per heavy atom. The van der Waals surface area contributed by atoms with E-state index in [0.717, 1.165) is 18.2 Å². The van der Waals surface area contributed by atoms with E-state index in [-0.39, 0.29) is 0 Å². The van der Waals surface area contributed by atoms with Crippen molar-refractivity contribution in [2.45, 2.75) is 14.7 Å². The van der Waals surface area contributed by atoms with Gasteiger partial charge in [-0.25, -0.2) is 0 Å². The molecular weight excluding hydrogens is 374 g/mol. The number of nitrogen functional groups attached to an aromatic ring is 1. The Morgan fingerprint density at radius 3 is 1.74 bits per heavy atom. The normalized spacial score (nSPS) is 13.3. The molecule has 0 bridgehead atoms. The Balaban J connectivity index is 3.32. The predicted molar refractivity (Wildman–Crippen MR) is 77.8 cm³/mol. The predicted octanol–water partition coefficient (Wildman–Crippen LogP) is 0.162. The lowest BCUT2D eigenvalue weighted by Crippen LogP contribution is -2.10. The minimum atomic E-state index is -5.03. The molecule has 0 saturated heterocycles. The first-order chi connectivity index (χ1) is 10.2. The van der Waals surface area contributed by atoms with E-state index in [0.29, 0.717) is 6.07 Å². The van der Waals surface area contributed by atoms with Gasteiger partial charge < -0.3 is 5.73 Å². The topological polar surface area (TPSA) is 189 Å². The third-order valence-electron chi connectivity index (χ3n) is 2.88. The van der Waals surface area contributed by atoms with Gasteiger partial charge in [-0.15, -0.1) is 0 Å². The van der Waals surface area contributed by atoms with Crippen molar-refractivity contribution in [3.63, 3.8) is 0 Å². The van der Waals surface area contributed by atoms with Gasteiger partial charge in [-0.3, -0.25) is 13.7 Å². The highest BCUT2D eigenvalue weighted by Crippen LogP contribution is 2.37. The molecule has 23 heavy (non-hydrogen) atoms. The number of rotatable bonds is 3. The van der Waals surface area contributed by atoms with Crippen LogP contribution in [0.1, 0.15) is 0 Å². The van der Waals surface area contributed by atoms with Gasteiger partial charge in [-0.2, -0.15) is 25.3 Å². The zero-order chi connectivity index (χ0) is 17.8. The van der Waals surface area contributed by atoms with Crippen molar-refractivity contribution >= 4 is 46.8 Å². The highest BCUT2D eigenvalue weighted by atomic mass is 32.2. The first-order valence-corrected chi connectivity index (χ1v) is 9.84. The quantitative estimate of drug-likeness (QED) is 0.419. The summed E-state index contributed by atoms with van der Waals surface area (Å²) in [5, 5.41) is -1.42. The third kappa shape index (κ3) is 3.15. The number of fused-ring (bicyclic) bond motifs is 1. The van der Waals surface area contributed by atoms with Crippen LogP contribution in [0.25, 0.3) is 10.8 Å². The first kappa shape index (κ1) is 17.6. The van der Waals surface area contributed by atoms with E-state index in [1.54, 1.807) is 0 Å². The van der Waals surface area contributed by atoms with Crippen molar-refractivity contribution < 1.29 is 38.9 Å². The van der Waals surface area contributed by atoms with Crippen molar-refractivity contribution in [2.75, 3.05) is 5.73 Å². The van der Waals surface area contributed by atoms with E-state index < -0.39 is 61.5 Å². The van der Waals surface area contributed by atoms with Crippen LogP contribution < -0.4 is 5.73 Å². The maximum Gasteiger partial charge on any atom is 0.297 e. The van der Waals surface area contributed by atoms with Crippen LogP contribution in [0.3, 0.4) is 0 Å². The van der Waals surface area contributed by atoms with Crippen LogP contribution in [-0.2, 0) is 30.4 Å². The lowest BCUT2D eigenvalue weighted by Gasteiger charge is -2.13. The average Bonchev–Trinajstić information content (AvgIpc) is 2.32. The van der Waals surface area contributed by atoms with Crippen LogP contribution >= 0.6 is 0 Å². The Labute approximate surface area is 130 Å². The van der Waals surface area contributed by atoms with E-state index in [4.69, 9.17) is 5.73 Å². The molecule has 10 nitrogen and oxygen atoms in total. The Hall–Kier alpha value is -1.77. The molecule has 0 spiro atoms. The molecule has 0 aliphatic rings. The maximum atomic E-state index is 11.5. The van der Waals surface area contributed by atoms with Crippen molar-refractivity contribution in [3.05, 3.63) is 24.3 Å². The molecule has 5 N–H and O–H groups in total. The summed E-state index contributed by atoms with van der Waals surface area (Å²) in [4.78, 5) is -2.97. The molecule has 0 radical (unpaired) electrons. The zero-order valence-corrected chi connectivity index (χ0v) is 13.4. The fourth-order valence-electron chi connectivity index (χ4n) is 2.12. The van der Waals surface area contributed by atoms with E-state index in [9.17, 15) is 38.9 Å². The molecule has 0 atom stereocenters. The summed E-state index contributed by atoms with van der Waals surface area (Å²) in [6.45, 7) is 0. The van der Waals surface area contributed by atoms with E-state index in [1.165, 1.54) is 0 Å². The summed E-state index contributed by atoms with van der Waals surface area (Å²) in [7, 11) is -15.0. The SMILES string of the molecule is Nc1cc(S(=O)(=O)O)c2c(S(=O)(=O)O)cccc2c1S(=O)(=O)O. The van der Waals surface area contributed by atoms with Gasteiger partial charge in [-0.1, -0.05) is 12.1 Å². The molecule has 0 saturated carbocycles. The molecule has 0 amide bonds. The number of hydrogen-bond donors (Lipinski definition) is 4. The Kier molecular flexibility index (Phi) is 3.91. The van der Waals surface area contributed by atoms with Crippen LogP contribution in [0, 0.1) is 0 Å². The van der Waals surface area contributed by atoms with Gasteiger partial charge in [0.2, 0.25) is 0 Å². The van der Waals surface area contributed by atoms with Crippen molar-refractivity contribution in [3.8, 4) is 0 Å². The summed E-state index contributed by atoms with van der Waals surface area (Å²) >= 11 is 0. The summed E-state index contributed by atoms with van der Waals surface area (Å²) in [5.41, 5.74) is 4.67. The van der Waals surface area contributed by atoms with E-state index in [1.807, 2.05) is 0 Å². The standard InChI is InChI=1S/C10H9NO9S3/c11-6-4-8(22(15,16)17)9-5(10(6)23(18,19)20)2-1-3-7(9)21(12,13)14/h1-4H,11H2,(H,12,13,14)(H,15,16,17)(H,18,19,20). The van der Waals surface area contributed by atoms with Gasteiger partial charge in [0.15, 0.2) is 0 Å². The van der Waals surface area contributed by atoms with Crippen LogP contribution in [-0.4, -0.2) is 38.9 Å². The lowest BCUT2D eigenvalue weighted by molar-refractivity contribution is 0.479. The molecular formula is C10H9NO9S3. The maximum absolute atomic E-state index is 11.5. The first-order valence-electron chi connectivity index (χ1n) is 5.52. The molecule has 0 aliphatic heterocycles. The second-order valence-corrected chi connectivity index (χ2v) is 8.54. The summed E-state index contributed by atoms with van der Waals surface area (Å²) in [6, 6.07) is 3.21. The summed E-state index contributed by atoms with van der Waals surface area (Å²) in [6.07, 6.45) is 0. The number of benzene rings is 2. The number of nitrogens with two attached hydrogens (primary N) is 1. The molecule has 0 fully saturated rings. The second-order valence-electron chi connectivity index (χ2n) is 4.40. The Bertz CT molecular complexity index is 1130. The second kappa shape index (κ2) is 5.12. The summed E-state index contributed by atoms with van der Waals surface area (Å²) in [5.74, 6) is 0. The summed E-state index contributed by atoms with van der Waals surface area (Å²) < 4.78 is 96.2. The van der Waals surface area contributed by atoms with Gasteiger partial charge in [-0.05, 0) is 12.1 Å². The molecule has 0 aromatic heterocycles. The smallest absolute Gasteiger partial charge is 0.297 e. The van der Waals surface area contributed by atoms with Crippen LogP contribution in [0.15, 0.2) is 39.0 Å². The highest BCUT2D eigenvalue weighted by molar-refractivity contribution is 7.87. The van der Waals surface area contributed by atoms with Crippen molar-refractivity contribution in [1.82, 2.24) is 0 Å². The highest BCUT2D eigenvalue weighted by Gasteiger charge is 2.28. The van der Waals surface area contributed by atoms with E-state index in [2.05, 4.69) is 0 Å². The zero-order valence-electron chi connectivity index (χ0n) is 10.9. The minimum absolute atomic E-state index is 0.468. The fourth-order valence-corrected chi connectivity index (χ4v) is 4.47. The largest absolute Gasteiger partial charge is 0.398 e. The molecule has 126 valence electrons. The number of hydrogen-bond acceptors (Lipinski definition) is 7. The van der Waals surface area contributed by atoms with Crippen molar-refractivity contribution in [1.29, 1.82) is 0 Å². The monoisotopic (exact) mass is 383 g/mol.